The number of ether oxygens (including phenoxy) is 1. The van der Waals surface area contributed by atoms with Crippen molar-refractivity contribution in [2.75, 3.05) is 12.9 Å². The Labute approximate surface area is 177 Å². The summed E-state index contributed by atoms with van der Waals surface area (Å²) in [5.74, 6) is -0.662. The minimum atomic E-state index is -1.40. The van der Waals surface area contributed by atoms with E-state index in [2.05, 4.69) is 6.92 Å². The zero-order chi connectivity index (χ0) is 21.7. The Morgan fingerprint density at radius 3 is 2.50 bits per heavy atom. The van der Waals surface area contributed by atoms with Crippen LogP contribution in [0.5, 0.6) is 5.75 Å². The van der Waals surface area contributed by atoms with Gasteiger partial charge >= 0.3 is 5.97 Å². The van der Waals surface area contributed by atoms with Crippen molar-refractivity contribution in [2.45, 2.75) is 50.3 Å². The van der Waals surface area contributed by atoms with Crippen molar-refractivity contribution in [2.24, 2.45) is 0 Å². The van der Waals surface area contributed by atoms with Crippen LogP contribution in [-0.2, 0) is 10.8 Å². The Morgan fingerprint density at radius 1 is 1.07 bits per heavy atom. The second-order valence-corrected chi connectivity index (χ2v) is 8.66. The number of unbranched alkanes of at least 4 members (excludes halogenated alkanes) is 5. The van der Waals surface area contributed by atoms with Crippen molar-refractivity contribution in [1.82, 2.24) is 0 Å². The highest BCUT2D eigenvalue weighted by Gasteiger charge is 2.17. The Balaban J connectivity index is 1.95. The second-order valence-electron chi connectivity index (χ2n) is 7.32. The summed E-state index contributed by atoms with van der Waals surface area (Å²) in [6.07, 6.45) is 8.33. The zero-order valence-electron chi connectivity index (χ0n) is 17.2. The first-order valence-electron chi connectivity index (χ1n) is 10.2. The van der Waals surface area contributed by atoms with Crippen LogP contribution >= 0.6 is 0 Å². The van der Waals surface area contributed by atoms with E-state index in [1.807, 2.05) is 0 Å². The van der Waals surface area contributed by atoms with Crippen LogP contribution in [0.4, 0.5) is 0 Å². The summed E-state index contributed by atoms with van der Waals surface area (Å²) in [6, 6.07) is 7.36. The normalized spacial score (nSPS) is 12.3. The molecule has 7 heteroatoms. The maximum absolute atomic E-state index is 13.1. The number of hydrogen-bond donors (Lipinski definition) is 1. The fourth-order valence-electron chi connectivity index (χ4n) is 3.40. The first-order chi connectivity index (χ1) is 14.4. The van der Waals surface area contributed by atoms with E-state index in [0.717, 1.165) is 12.8 Å². The molecular weight excluding hydrogens is 404 g/mol. The Morgan fingerprint density at radius 2 is 1.80 bits per heavy atom. The average molecular weight is 431 g/mol. The first-order valence-corrected chi connectivity index (χ1v) is 11.7. The Hall–Kier alpha value is -2.67. The molecule has 3 rings (SSSR count). The number of hydrogen-bond acceptors (Lipinski definition) is 5. The highest BCUT2D eigenvalue weighted by Crippen LogP contribution is 2.29. The largest absolute Gasteiger partial charge is 0.494 e. The molecule has 160 valence electrons. The fraction of sp³-hybridized carbons (Fsp3) is 0.391. The zero-order valence-corrected chi connectivity index (χ0v) is 18.0. The van der Waals surface area contributed by atoms with Crippen LogP contribution in [0.25, 0.3) is 21.9 Å². The van der Waals surface area contributed by atoms with Gasteiger partial charge in [0.25, 0.3) is 0 Å². The standard InChI is InChI=1S/C23H26O6S/c1-3-4-5-6-7-8-11-28-16-13-18-21(24)17-12-15(23(25)26)9-10-19(17)29-22(18)20(14-16)30(2)27/h9-10,12-14H,3-8,11H2,1-2H3,(H,25,26). The van der Waals surface area contributed by atoms with Gasteiger partial charge in [0.1, 0.15) is 11.3 Å². The first kappa shape index (κ1) is 22.0. The third-order valence-electron chi connectivity index (χ3n) is 5.03. The summed E-state index contributed by atoms with van der Waals surface area (Å²) in [6.45, 7) is 2.69. The van der Waals surface area contributed by atoms with Crippen molar-refractivity contribution in [3.8, 4) is 5.75 Å². The third-order valence-corrected chi connectivity index (χ3v) is 5.96. The quantitative estimate of drug-likeness (QED) is 0.354. The van der Waals surface area contributed by atoms with E-state index in [1.165, 1.54) is 50.1 Å². The van der Waals surface area contributed by atoms with Gasteiger partial charge in [-0.05, 0) is 30.7 Å². The van der Waals surface area contributed by atoms with Gasteiger partial charge in [0.15, 0.2) is 5.58 Å². The monoisotopic (exact) mass is 430 g/mol. The molecule has 1 aromatic heterocycles. The maximum Gasteiger partial charge on any atom is 0.335 e. The fourth-order valence-corrected chi connectivity index (χ4v) is 4.10. The molecule has 1 heterocycles. The molecule has 0 spiro atoms. The van der Waals surface area contributed by atoms with Crippen LogP contribution < -0.4 is 10.2 Å². The predicted octanol–water partition coefficient (Wildman–Crippen LogP) is 5.12. The van der Waals surface area contributed by atoms with Crippen LogP contribution in [0.3, 0.4) is 0 Å². The van der Waals surface area contributed by atoms with Crippen molar-refractivity contribution in [1.29, 1.82) is 0 Å². The Kier molecular flexibility index (Phi) is 7.26. The summed E-state index contributed by atoms with van der Waals surface area (Å²) < 4.78 is 24.0. The van der Waals surface area contributed by atoms with Gasteiger partial charge in [-0.1, -0.05) is 39.0 Å². The molecule has 0 bridgehead atoms. The van der Waals surface area contributed by atoms with Crippen LogP contribution in [0.1, 0.15) is 55.8 Å². The highest BCUT2D eigenvalue weighted by atomic mass is 32.2. The van der Waals surface area contributed by atoms with Crippen LogP contribution in [0.2, 0.25) is 0 Å². The molecule has 3 aromatic rings. The predicted molar refractivity (Wildman–Crippen MR) is 118 cm³/mol. The van der Waals surface area contributed by atoms with Gasteiger partial charge in [-0.15, -0.1) is 0 Å². The molecule has 1 N–H and O–H groups in total. The summed E-state index contributed by atoms with van der Waals surface area (Å²) in [4.78, 5) is 24.7. The lowest BCUT2D eigenvalue weighted by Gasteiger charge is -2.11. The van der Waals surface area contributed by atoms with Gasteiger partial charge in [-0.3, -0.25) is 9.00 Å². The summed E-state index contributed by atoms with van der Waals surface area (Å²) in [7, 11) is -1.40. The number of carboxylic acid groups (broad SMARTS) is 1. The molecule has 0 aliphatic carbocycles. The van der Waals surface area contributed by atoms with Crippen LogP contribution in [0.15, 0.2) is 44.4 Å². The summed E-state index contributed by atoms with van der Waals surface area (Å²) in [5, 5.41) is 9.61. The molecule has 2 aromatic carbocycles. The number of benzene rings is 2. The van der Waals surface area contributed by atoms with Gasteiger partial charge in [0.05, 0.1) is 38.6 Å². The molecule has 0 aliphatic rings. The lowest BCUT2D eigenvalue weighted by atomic mass is 10.1. The molecule has 0 saturated heterocycles. The highest BCUT2D eigenvalue weighted by molar-refractivity contribution is 7.84. The SMILES string of the molecule is CCCCCCCCOc1cc(S(C)=O)c2oc3ccc(C(=O)O)cc3c(=O)c2c1. The van der Waals surface area contributed by atoms with Gasteiger partial charge in [0, 0.05) is 12.3 Å². The average Bonchev–Trinajstić information content (AvgIpc) is 2.72. The smallest absolute Gasteiger partial charge is 0.335 e. The molecule has 0 amide bonds. The molecular formula is C23H26O6S. The van der Waals surface area contributed by atoms with Crippen molar-refractivity contribution in [3.05, 3.63) is 46.1 Å². The van der Waals surface area contributed by atoms with Crippen molar-refractivity contribution in [3.63, 3.8) is 0 Å². The molecule has 6 nitrogen and oxygen atoms in total. The van der Waals surface area contributed by atoms with Gasteiger partial charge < -0.3 is 14.3 Å². The lowest BCUT2D eigenvalue weighted by molar-refractivity contribution is 0.0697. The minimum absolute atomic E-state index is 0.00363. The maximum atomic E-state index is 13.1. The van der Waals surface area contributed by atoms with Gasteiger partial charge in [-0.25, -0.2) is 4.79 Å². The van der Waals surface area contributed by atoms with Crippen molar-refractivity contribution >= 4 is 38.7 Å². The van der Waals surface area contributed by atoms with Crippen molar-refractivity contribution < 1.29 is 23.3 Å². The van der Waals surface area contributed by atoms with E-state index in [-0.39, 0.29) is 32.9 Å². The van der Waals surface area contributed by atoms with Crippen LogP contribution in [-0.4, -0.2) is 28.1 Å². The summed E-state index contributed by atoms with van der Waals surface area (Å²) in [5.41, 5.74) is 0.128. The van der Waals surface area contributed by atoms with Gasteiger partial charge in [0.2, 0.25) is 5.43 Å². The van der Waals surface area contributed by atoms with E-state index >= 15 is 0 Å². The number of carbonyl (C=O) groups is 1. The van der Waals surface area contributed by atoms with E-state index < -0.39 is 16.8 Å². The lowest BCUT2D eigenvalue weighted by Crippen LogP contribution is -2.07. The molecule has 0 radical (unpaired) electrons. The topological polar surface area (TPSA) is 93.8 Å². The Bertz CT molecular complexity index is 1150. The number of aromatic carboxylic acids is 1. The molecule has 30 heavy (non-hydrogen) atoms. The molecule has 1 atom stereocenters. The summed E-state index contributed by atoms with van der Waals surface area (Å²) >= 11 is 0. The van der Waals surface area contributed by atoms with Crippen LogP contribution in [0, 0.1) is 0 Å². The van der Waals surface area contributed by atoms with E-state index in [9.17, 15) is 18.9 Å². The van der Waals surface area contributed by atoms with E-state index in [1.54, 1.807) is 12.1 Å². The van der Waals surface area contributed by atoms with E-state index in [4.69, 9.17) is 9.15 Å². The number of rotatable bonds is 10. The molecule has 0 saturated carbocycles. The van der Waals surface area contributed by atoms with Gasteiger partial charge in [-0.2, -0.15) is 0 Å². The third kappa shape index (κ3) is 4.90. The number of carboxylic acids is 1. The molecule has 1 unspecified atom stereocenters. The number of fused-ring (bicyclic) bond motifs is 2. The minimum Gasteiger partial charge on any atom is -0.494 e. The molecule has 0 aliphatic heterocycles. The molecule has 0 fully saturated rings. The second kappa shape index (κ2) is 9.89. The van der Waals surface area contributed by atoms with E-state index in [0.29, 0.717) is 17.3 Å².